The molecule has 1 saturated heterocycles. The number of amides is 8. The summed E-state index contributed by atoms with van der Waals surface area (Å²) < 4.78 is 27.7. The summed E-state index contributed by atoms with van der Waals surface area (Å²) in [5.74, 6) is -5.62. The second-order valence-corrected chi connectivity index (χ2v) is 29.2. The maximum Gasteiger partial charge on any atom is 0.246 e. The highest BCUT2D eigenvalue weighted by atomic mass is 32.2. The van der Waals surface area contributed by atoms with Gasteiger partial charge in [0.15, 0.2) is 11.6 Å². The standard InChI is InChI=1S/C75H104N8O15S2/c1-45(2)34-59-64(84)40-54(37-49-18-24-55(96-11)25-19-49)69(88)78-60(38-50-20-26-56(97-12)27-21-50)72(91)82(8)63(35-46(3)4)65(85)41-58(47(5)94-9)70(89)79-61(39-51-22-28-57(98-13)29-23-51)73(92)83-32-15-31-75(83,7)74(93)80-62(68(76)87)44-100-43-53-17-14-16-52(36-53)42-99-33-30-66(86)81-67(48(6)95-10)71(90)77-59/h14,16-29,36,45-48,54,58-63,67H,15,30-35,37-44H2,1-13H3,(H2,76,87)(H,77,90)(H,78,88)(H,79,89)(H,80,93)(H,81,86)/t47-,48-,54-,58+,59-,60+,61+,62+,63+,67+,75+/m1/s1. The Morgan fingerprint density at radius 1 is 0.590 bits per heavy atom. The van der Waals surface area contributed by atoms with Crippen molar-refractivity contribution in [1.82, 2.24) is 36.4 Å². The SMILES string of the molecule is COc1ccc(C[C@@H]2CC(=O)[C@@H](CC(C)C)NC(=O)[C@H]([C@@H](C)OC)NC(=O)CCSCc3cccc(c3)CSC[C@@H](C(N)=O)NC(=O)[C@]3(C)CCCN3C(=O)[C@H](Cc3ccc(OC)cc3)NC(=O)[C@H]([C@@H](C)OC)CC(=O)[C@H](CC(C)C)N(C)C(=O)[C@H](Cc3ccc(OC)cc3)NC2=O)cc1. The van der Waals surface area contributed by atoms with Crippen LogP contribution in [0.4, 0.5) is 0 Å². The number of ketones is 2. The average molecular weight is 1420 g/mol. The molecule has 2 aliphatic heterocycles. The van der Waals surface area contributed by atoms with E-state index in [0.29, 0.717) is 57.6 Å². The number of hydrogen-bond acceptors (Lipinski definition) is 17. The van der Waals surface area contributed by atoms with Crippen LogP contribution in [0.2, 0.25) is 0 Å². The van der Waals surface area contributed by atoms with E-state index < -0.39 is 137 Å². The molecule has 2 aliphatic rings. The number of methoxy groups -OCH3 is 5. The van der Waals surface area contributed by atoms with Crippen molar-refractivity contribution in [3.63, 3.8) is 0 Å². The van der Waals surface area contributed by atoms with E-state index in [1.165, 1.54) is 75.9 Å². The van der Waals surface area contributed by atoms with Crippen molar-refractivity contribution in [3.8, 4) is 17.2 Å². The highest BCUT2D eigenvalue weighted by molar-refractivity contribution is 7.98. The summed E-state index contributed by atoms with van der Waals surface area (Å²) in [5.41, 5.74) is 8.29. The molecule has 546 valence electrons. The number of carbonyl (C=O) groups excluding carboxylic acids is 10. The first-order valence-electron chi connectivity index (χ1n) is 34.2. The number of benzene rings is 4. The number of nitrogens with zero attached hydrogens (tertiary/aromatic N) is 2. The fourth-order valence-electron chi connectivity index (χ4n) is 12.5. The molecule has 2 heterocycles. The molecular weight excluding hydrogens is 1320 g/mol. The van der Waals surface area contributed by atoms with Crippen LogP contribution in [0.1, 0.15) is 121 Å². The van der Waals surface area contributed by atoms with Crippen LogP contribution >= 0.6 is 23.5 Å². The van der Waals surface area contributed by atoms with E-state index in [2.05, 4.69) is 26.6 Å². The van der Waals surface area contributed by atoms with Crippen LogP contribution in [-0.2, 0) is 88.2 Å². The summed E-state index contributed by atoms with van der Waals surface area (Å²) in [5, 5.41) is 14.6. The molecule has 6 rings (SSSR count). The summed E-state index contributed by atoms with van der Waals surface area (Å²) in [4.78, 5) is 150. The van der Waals surface area contributed by atoms with Crippen molar-refractivity contribution in [2.24, 2.45) is 29.4 Å². The minimum atomic E-state index is -1.50. The highest BCUT2D eigenvalue weighted by Gasteiger charge is 2.49. The molecule has 0 saturated carbocycles. The molecule has 0 aromatic heterocycles. The van der Waals surface area contributed by atoms with Crippen LogP contribution in [0.5, 0.6) is 17.2 Å². The third-order valence-corrected chi connectivity index (χ3v) is 20.8. The lowest BCUT2D eigenvalue weighted by molar-refractivity contribution is -0.148. The third-order valence-electron chi connectivity index (χ3n) is 18.6. The summed E-state index contributed by atoms with van der Waals surface area (Å²) in [6.45, 7) is 12.6. The fourth-order valence-corrected chi connectivity index (χ4v) is 14.4. The van der Waals surface area contributed by atoms with Gasteiger partial charge in [-0.25, -0.2) is 0 Å². The van der Waals surface area contributed by atoms with Gasteiger partial charge in [0.25, 0.3) is 0 Å². The monoisotopic (exact) mass is 1420 g/mol. The normalized spacial score (nSPS) is 24.4. The Morgan fingerprint density at radius 3 is 1.62 bits per heavy atom. The van der Waals surface area contributed by atoms with Gasteiger partial charge < -0.3 is 65.8 Å². The van der Waals surface area contributed by atoms with Crippen LogP contribution in [-0.4, -0.2) is 183 Å². The predicted octanol–water partition coefficient (Wildman–Crippen LogP) is 6.74. The molecule has 4 aromatic carbocycles. The number of likely N-dealkylation sites (N-methyl/N-ethyl adjacent to an activating group) is 1. The van der Waals surface area contributed by atoms with E-state index in [1.807, 2.05) is 52.0 Å². The molecule has 0 unspecified atom stereocenters. The number of thioether (sulfide) groups is 2. The number of hydrogen-bond donors (Lipinski definition) is 6. The molecule has 2 bridgehead atoms. The van der Waals surface area contributed by atoms with Gasteiger partial charge in [-0.1, -0.05) is 88.4 Å². The topological polar surface area (TPSA) is 309 Å². The van der Waals surface area contributed by atoms with Gasteiger partial charge in [-0.3, -0.25) is 47.9 Å². The Morgan fingerprint density at radius 2 is 1.10 bits per heavy atom. The molecule has 25 heteroatoms. The fraction of sp³-hybridized carbons (Fsp3) is 0.547. The molecule has 11 atom stereocenters. The van der Waals surface area contributed by atoms with E-state index in [1.54, 1.807) is 93.6 Å². The Balaban J connectivity index is 1.43. The van der Waals surface area contributed by atoms with Gasteiger partial charge in [-0.2, -0.15) is 23.5 Å². The van der Waals surface area contributed by atoms with Crippen molar-refractivity contribution >= 4 is 82.3 Å². The van der Waals surface area contributed by atoms with Gasteiger partial charge in [0.05, 0.1) is 51.5 Å². The maximum absolute atomic E-state index is 15.6. The Bertz CT molecular complexity index is 3410. The molecule has 1 fully saturated rings. The smallest absolute Gasteiger partial charge is 0.246 e. The first-order valence-corrected chi connectivity index (χ1v) is 36.5. The van der Waals surface area contributed by atoms with E-state index in [9.17, 15) is 19.2 Å². The zero-order valence-electron chi connectivity index (χ0n) is 60.2. The molecule has 4 aromatic rings. The third kappa shape index (κ3) is 23.5. The van der Waals surface area contributed by atoms with Crippen LogP contribution in [0.25, 0.3) is 0 Å². The van der Waals surface area contributed by atoms with E-state index in [-0.39, 0.29) is 69.1 Å². The molecule has 0 radical (unpaired) electrons. The lowest BCUT2D eigenvalue weighted by Crippen LogP contribution is -2.62. The molecule has 23 nitrogen and oxygen atoms in total. The van der Waals surface area contributed by atoms with Crippen molar-refractivity contribution in [2.45, 2.75) is 178 Å². The van der Waals surface area contributed by atoms with Crippen molar-refractivity contribution in [3.05, 3.63) is 125 Å². The van der Waals surface area contributed by atoms with E-state index >= 15 is 28.8 Å². The first kappa shape index (κ1) is 81.0. The largest absolute Gasteiger partial charge is 0.497 e. The van der Waals surface area contributed by atoms with E-state index in [0.717, 1.165) is 11.1 Å². The maximum atomic E-state index is 15.6. The molecule has 8 amide bonds. The van der Waals surface area contributed by atoms with Crippen LogP contribution in [0.15, 0.2) is 97.1 Å². The number of fused-ring (bicyclic) bond motifs is 3. The van der Waals surface area contributed by atoms with Gasteiger partial charge in [0.2, 0.25) is 47.3 Å². The highest BCUT2D eigenvalue weighted by Crippen LogP contribution is 2.32. The van der Waals surface area contributed by atoms with Gasteiger partial charge >= 0.3 is 0 Å². The zero-order chi connectivity index (χ0) is 73.4. The summed E-state index contributed by atoms with van der Waals surface area (Å²) in [6.07, 6.45) is -1.74. The van der Waals surface area contributed by atoms with Gasteiger partial charge in [0.1, 0.15) is 47.0 Å². The zero-order valence-corrected chi connectivity index (χ0v) is 61.8. The van der Waals surface area contributed by atoms with E-state index in [4.69, 9.17) is 29.4 Å². The minimum Gasteiger partial charge on any atom is -0.497 e. The Labute approximate surface area is 597 Å². The Kier molecular flexibility index (Phi) is 31.8. The van der Waals surface area contributed by atoms with Gasteiger partial charge in [-0.05, 0) is 129 Å². The van der Waals surface area contributed by atoms with Gasteiger partial charge in [-0.15, -0.1) is 0 Å². The predicted molar refractivity (Wildman–Crippen MR) is 386 cm³/mol. The van der Waals surface area contributed by atoms with Gasteiger partial charge in [0, 0.05) is 88.8 Å². The lowest BCUT2D eigenvalue weighted by atomic mass is 9.88. The number of carbonyl (C=O) groups is 10. The number of rotatable bonds is 18. The second kappa shape index (κ2) is 39.3. The second-order valence-electron chi connectivity index (χ2n) is 27.1. The van der Waals surface area contributed by atoms with Crippen LogP contribution in [0, 0.1) is 23.7 Å². The number of ether oxygens (including phenoxy) is 5. The Hall–Kier alpha value is -8.00. The number of nitrogens with two attached hydrogens (primary N) is 1. The minimum absolute atomic E-state index is 0.0112. The molecule has 100 heavy (non-hydrogen) atoms. The molecule has 0 spiro atoms. The molecule has 0 aliphatic carbocycles. The van der Waals surface area contributed by atoms with Crippen LogP contribution < -0.4 is 46.5 Å². The average Bonchev–Trinajstić information content (AvgIpc) is 1.58. The molecule has 7 N–H and O–H groups in total. The van der Waals surface area contributed by atoms with Crippen molar-refractivity contribution in [1.29, 1.82) is 0 Å². The van der Waals surface area contributed by atoms with Crippen molar-refractivity contribution in [2.75, 3.05) is 60.6 Å². The number of Topliss-reactive ketones (excluding diaryl/α,β-unsaturated/α-hetero) is 2. The lowest BCUT2D eigenvalue weighted by Gasteiger charge is -2.37. The van der Waals surface area contributed by atoms with Crippen molar-refractivity contribution < 1.29 is 71.6 Å². The summed E-state index contributed by atoms with van der Waals surface area (Å²) in [7, 11) is 8.84. The summed E-state index contributed by atoms with van der Waals surface area (Å²) >= 11 is 2.90. The number of primary amides is 1. The number of nitrogens with one attached hydrogen (secondary N) is 5. The first-order chi connectivity index (χ1) is 47.6. The molecular formula is C75H104N8O15S2. The quantitative estimate of drug-likeness (QED) is 0.0601. The summed E-state index contributed by atoms with van der Waals surface area (Å²) in [6, 6.07) is 21.4. The van der Waals surface area contributed by atoms with Crippen LogP contribution in [0.3, 0.4) is 0 Å².